The highest BCUT2D eigenvalue weighted by Crippen LogP contribution is 2.14. The molecular weight excluding hydrogens is 222 g/mol. The fourth-order valence-corrected chi connectivity index (χ4v) is 2.39. The van der Waals surface area contributed by atoms with Crippen LogP contribution in [0.3, 0.4) is 0 Å². The van der Waals surface area contributed by atoms with Crippen LogP contribution in [0.25, 0.3) is 0 Å². The summed E-state index contributed by atoms with van der Waals surface area (Å²) in [4.78, 5) is 2.27. The van der Waals surface area contributed by atoms with Gasteiger partial charge in [0.1, 0.15) is 0 Å². The number of aliphatic hydroxyl groups is 1. The molecule has 1 rings (SSSR count). The number of hydrogen-bond acceptors (Lipinski definition) is 2. The first kappa shape index (κ1) is 15.2. The van der Waals surface area contributed by atoms with Crippen molar-refractivity contribution < 1.29 is 5.11 Å². The number of hydrogen-bond donors (Lipinski definition) is 1. The lowest BCUT2D eigenvalue weighted by molar-refractivity contribution is 0.114. The van der Waals surface area contributed by atoms with Gasteiger partial charge < -0.3 is 10.0 Å². The van der Waals surface area contributed by atoms with Crippen LogP contribution in [0.5, 0.6) is 0 Å². The highest BCUT2D eigenvalue weighted by atomic mass is 16.3. The van der Waals surface area contributed by atoms with Gasteiger partial charge in [0.25, 0.3) is 0 Å². The molecule has 0 heterocycles. The first-order valence-corrected chi connectivity index (χ1v) is 6.83. The first-order valence-electron chi connectivity index (χ1n) is 6.83. The van der Waals surface area contributed by atoms with Crippen molar-refractivity contribution in [3.63, 3.8) is 0 Å². The Hall–Kier alpha value is -0.860. The summed E-state index contributed by atoms with van der Waals surface area (Å²) < 4.78 is 0. The topological polar surface area (TPSA) is 23.5 Å². The van der Waals surface area contributed by atoms with Gasteiger partial charge in [-0.15, -0.1) is 0 Å². The summed E-state index contributed by atoms with van der Waals surface area (Å²) in [5.41, 5.74) is 4.10. The normalized spacial score (nSPS) is 13.3. The van der Waals surface area contributed by atoms with E-state index in [1.165, 1.54) is 16.7 Å². The molecule has 0 aliphatic heterocycles. The standard InChI is InChI=1S/C16H27NO/c1-12(2)16(11-18)17(5)9-8-15-10-13(3)6-7-14(15)4/h6-7,10,12,16,18H,8-9,11H2,1-5H3. The fraction of sp³-hybridized carbons (Fsp3) is 0.625. The van der Waals surface area contributed by atoms with Gasteiger partial charge in [0.05, 0.1) is 6.61 Å². The zero-order valence-corrected chi connectivity index (χ0v) is 12.4. The molecule has 0 amide bonds. The second-order valence-electron chi connectivity index (χ2n) is 5.65. The number of benzene rings is 1. The monoisotopic (exact) mass is 249 g/mol. The zero-order chi connectivity index (χ0) is 13.7. The van der Waals surface area contributed by atoms with Crippen molar-refractivity contribution in [2.24, 2.45) is 5.92 Å². The second kappa shape index (κ2) is 6.91. The van der Waals surface area contributed by atoms with Crippen LogP contribution in [0.15, 0.2) is 18.2 Å². The van der Waals surface area contributed by atoms with E-state index in [4.69, 9.17) is 0 Å². The molecule has 0 saturated carbocycles. The van der Waals surface area contributed by atoms with Crippen molar-refractivity contribution in [3.8, 4) is 0 Å². The maximum Gasteiger partial charge on any atom is 0.0589 e. The Morgan fingerprint density at radius 3 is 2.44 bits per heavy atom. The van der Waals surface area contributed by atoms with Gasteiger partial charge in [-0.2, -0.15) is 0 Å². The summed E-state index contributed by atoms with van der Waals surface area (Å²) in [6.45, 7) is 9.86. The van der Waals surface area contributed by atoms with Crippen LogP contribution in [0.2, 0.25) is 0 Å². The average Bonchev–Trinajstić information content (AvgIpc) is 2.30. The van der Waals surface area contributed by atoms with Crippen LogP contribution in [-0.4, -0.2) is 36.2 Å². The van der Waals surface area contributed by atoms with Crippen LogP contribution >= 0.6 is 0 Å². The van der Waals surface area contributed by atoms with Crippen molar-refractivity contribution >= 4 is 0 Å². The van der Waals surface area contributed by atoms with Gasteiger partial charge in [-0.1, -0.05) is 37.6 Å². The highest BCUT2D eigenvalue weighted by Gasteiger charge is 2.17. The molecule has 0 spiro atoms. The minimum absolute atomic E-state index is 0.237. The van der Waals surface area contributed by atoms with Crippen molar-refractivity contribution in [3.05, 3.63) is 34.9 Å². The minimum atomic E-state index is 0.237. The van der Waals surface area contributed by atoms with E-state index in [1.54, 1.807) is 0 Å². The van der Waals surface area contributed by atoms with E-state index in [-0.39, 0.29) is 12.6 Å². The quantitative estimate of drug-likeness (QED) is 0.838. The van der Waals surface area contributed by atoms with Crippen LogP contribution in [-0.2, 0) is 6.42 Å². The summed E-state index contributed by atoms with van der Waals surface area (Å²) in [6, 6.07) is 6.88. The van der Waals surface area contributed by atoms with Crippen molar-refractivity contribution in [2.45, 2.75) is 40.2 Å². The SMILES string of the molecule is Cc1ccc(C)c(CCN(C)C(CO)C(C)C)c1. The Balaban J connectivity index is 2.61. The molecule has 0 radical (unpaired) electrons. The Labute approximate surface area is 112 Å². The number of likely N-dealkylation sites (N-methyl/N-ethyl adjacent to an activating group) is 1. The average molecular weight is 249 g/mol. The fourth-order valence-electron chi connectivity index (χ4n) is 2.39. The molecule has 0 aliphatic rings. The molecule has 102 valence electrons. The summed E-state index contributed by atoms with van der Waals surface area (Å²) in [6.07, 6.45) is 1.05. The van der Waals surface area contributed by atoms with Gasteiger partial charge in [-0.05, 0) is 44.4 Å². The van der Waals surface area contributed by atoms with E-state index in [0.29, 0.717) is 5.92 Å². The summed E-state index contributed by atoms with van der Waals surface area (Å²) in [5, 5.41) is 9.42. The molecule has 1 aromatic rings. The molecule has 1 atom stereocenters. The molecule has 0 aromatic heterocycles. The smallest absolute Gasteiger partial charge is 0.0589 e. The van der Waals surface area contributed by atoms with Crippen LogP contribution in [0, 0.1) is 19.8 Å². The third-order valence-electron chi connectivity index (χ3n) is 3.76. The lowest BCUT2D eigenvalue weighted by atomic mass is 10.0. The maximum atomic E-state index is 9.42. The second-order valence-corrected chi connectivity index (χ2v) is 5.65. The van der Waals surface area contributed by atoms with Gasteiger partial charge in [-0.3, -0.25) is 0 Å². The van der Waals surface area contributed by atoms with Crippen LogP contribution < -0.4 is 0 Å². The predicted molar refractivity (Wildman–Crippen MR) is 78.0 cm³/mol. The van der Waals surface area contributed by atoms with Crippen LogP contribution in [0.4, 0.5) is 0 Å². The maximum absolute atomic E-state index is 9.42. The Morgan fingerprint density at radius 2 is 1.89 bits per heavy atom. The third kappa shape index (κ3) is 4.11. The highest BCUT2D eigenvalue weighted by molar-refractivity contribution is 5.30. The minimum Gasteiger partial charge on any atom is -0.395 e. The molecule has 0 bridgehead atoms. The molecule has 0 aliphatic carbocycles. The molecule has 1 N–H and O–H groups in total. The van der Waals surface area contributed by atoms with Gasteiger partial charge in [0.2, 0.25) is 0 Å². The summed E-state index contributed by atoms with van der Waals surface area (Å²) >= 11 is 0. The lowest BCUT2D eigenvalue weighted by Gasteiger charge is -2.29. The molecule has 0 saturated heterocycles. The lowest BCUT2D eigenvalue weighted by Crippen LogP contribution is -2.40. The molecule has 18 heavy (non-hydrogen) atoms. The Bertz CT molecular complexity index is 373. The third-order valence-corrected chi connectivity index (χ3v) is 3.76. The molecular formula is C16H27NO. The van der Waals surface area contributed by atoms with Gasteiger partial charge in [-0.25, -0.2) is 0 Å². The number of nitrogens with zero attached hydrogens (tertiary/aromatic N) is 1. The predicted octanol–water partition coefficient (Wildman–Crippen LogP) is 2.79. The molecule has 2 nitrogen and oxygen atoms in total. The van der Waals surface area contributed by atoms with E-state index < -0.39 is 0 Å². The number of aryl methyl sites for hydroxylation is 2. The van der Waals surface area contributed by atoms with E-state index in [1.807, 2.05) is 0 Å². The molecule has 1 aromatic carbocycles. The van der Waals surface area contributed by atoms with E-state index in [0.717, 1.165) is 13.0 Å². The Morgan fingerprint density at radius 1 is 1.22 bits per heavy atom. The van der Waals surface area contributed by atoms with Gasteiger partial charge in [0, 0.05) is 12.6 Å². The largest absolute Gasteiger partial charge is 0.395 e. The van der Waals surface area contributed by atoms with Crippen molar-refractivity contribution in [1.29, 1.82) is 0 Å². The van der Waals surface area contributed by atoms with E-state index >= 15 is 0 Å². The van der Waals surface area contributed by atoms with Crippen molar-refractivity contribution in [2.75, 3.05) is 20.2 Å². The van der Waals surface area contributed by atoms with Gasteiger partial charge in [0.15, 0.2) is 0 Å². The number of aliphatic hydroxyl groups excluding tert-OH is 1. The van der Waals surface area contributed by atoms with E-state index in [9.17, 15) is 5.11 Å². The summed E-state index contributed by atoms with van der Waals surface area (Å²) in [5.74, 6) is 0.485. The molecule has 2 heteroatoms. The van der Waals surface area contributed by atoms with E-state index in [2.05, 4.69) is 57.8 Å². The van der Waals surface area contributed by atoms with Crippen molar-refractivity contribution in [1.82, 2.24) is 4.90 Å². The number of rotatable bonds is 6. The first-order chi connectivity index (χ1) is 8.45. The van der Waals surface area contributed by atoms with Gasteiger partial charge >= 0.3 is 0 Å². The van der Waals surface area contributed by atoms with Crippen LogP contribution in [0.1, 0.15) is 30.5 Å². The zero-order valence-electron chi connectivity index (χ0n) is 12.4. The summed E-state index contributed by atoms with van der Waals surface area (Å²) in [7, 11) is 2.10. The molecule has 1 unspecified atom stereocenters. The molecule has 0 fully saturated rings. The Kier molecular flexibility index (Phi) is 5.83.